The molecule has 0 atom stereocenters. The molecule has 0 aliphatic heterocycles. The van der Waals surface area contributed by atoms with Crippen molar-refractivity contribution < 1.29 is 0 Å². The van der Waals surface area contributed by atoms with Crippen LogP contribution in [0.5, 0.6) is 0 Å². The molecule has 0 saturated heterocycles. The van der Waals surface area contributed by atoms with Gasteiger partial charge in [-0.05, 0) is 100 Å². The molecule has 0 aliphatic carbocycles. The fourth-order valence-electron chi connectivity index (χ4n) is 9.51. The first-order valence-corrected chi connectivity index (χ1v) is 22.3. The lowest BCUT2D eigenvalue weighted by Gasteiger charge is -2.30. The summed E-state index contributed by atoms with van der Waals surface area (Å²) in [5.41, 5.74) is 16.3. The highest BCUT2D eigenvalue weighted by atomic mass is 32.1. The van der Waals surface area contributed by atoms with E-state index < -0.39 is 0 Å². The molecule has 0 fully saturated rings. The van der Waals surface area contributed by atoms with Gasteiger partial charge in [-0.15, -0.1) is 11.3 Å². The van der Waals surface area contributed by atoms with Crippen molar-refractivity contribution in [3.63, 3.8) is 0 Å². The molecule has 3 heteroatoms. The van der Waals surface area contributed by atoms with E-state index in [1.165, 1.54) is 81.0 Å². The number of para-hydroxylation sites is 4. The van der Waals surface area contributed by atoms with E-state index >= 15 is 0 Å². The van der Waals surface area contributed by atoms with Crippen LogP contribution in [0.25, 0.3) is 92.2 Å². The van der Waals surface area contributed by atoms with Crippen molar-refractivity contribution in [2.75, 3.05) is 4.90 Å². The number of nitrogens with zero attached hydrogens (tertiary/aromatic N) is 2. The maximum atomic E-state index is 2.44. The Balaban J connectivity index is 0.998. The molecule has 12 rings (SSSR count). The topological polar surface area (TPSA) is 8.17 Å². The Kier molecular flexibility index (Phi) is 9.06. The molecule has 0 amide bonds. The first-order chi connectivity index (χ1) is 31.3. The maximum Gasteiger partial charge on any atom is 0.0541 e. The number of aromatic nitrogens is 1. The quantitative estimate of drug-likeness (QED) is 0.148. The van der Waals surface area contributed by atoms with E-state index in [1.54, 1.807) is 0 Å². The molecule has 0 N–H and O–H groups in total. The van der Waals surface area contributed by atoms with Crippen LogP contribution in [0.1, 0.15) is 0 Å². The maximum absolute atomic E-state index is 2.44. The summed E-state index contributed by atoms with van der Waals surface area (Å²) >= 11 is 1.86. The second kappa shape index (κ2) is 15.5. The molecule has 0 saturated carbocycles. The minimum Gasteiger partial charge on any atom is -0.309 e. The Morgan fingerprint density at radius 2 is 0.841 bits per heavy atom. The van der Waals surface area contributed by atoms with Gasteiger partial charge in [-0.1, -0.05) is 176 Å². The zero-order valence-electron chi connectivity index (χ0n) is 34.4. The lowest BCUT2D eigenvalue weighted by atomic mass is 9.92. The van der Waals surface area contributed by atoms with Gasteiger partial charge < -0.3 is 9.47 Å². The monoisotopic (exact) mass is 820 g/mol. The van der Waals surface area contributed by atoms with E-state index in [1.807, 2.05) is 11.3 Å². The minimum absolute atomic E-state index is 1.10. The van der Waals surface area contributed by atoms with E-state index in [4.69, 9.17) is 0 Å². The van der Waals surface area contributed by atoms with E-state index in [0.717, 1.165) is 28.2 Å². The Morgan fingerprint density at radius 3 is 1.63 bits per heavy atom. The van der Waals surface area contributed by atoms with Gasteiger partial charge in [0.25, 0.3) is 0 Å². The van der Waals surface area contributed by atoms with Gasteiger partial charge in [0.1, 0.15) is 0 Å². The highest BCUT2D eigenvalue weighted by Crippen LogP contribution is 2.47. The van der Waals surface area contributed by atoms with E-state index in [-0.39, 0.29) is 0 Å². The Labute approximate surface area is 370 Å². The van der Waals surface area contributed by atoms with Gasteiger partial charge in [0, 0.05) is 53.4 Å². The highest BCUT2D eigenvalue weighted by Gasteiger charge is 2.22. The first-order valence-electron chi connectivity index (χ1n) is 21.5. The third-order valence-corrected chi connectivity index (χ3v) is 13.6. The van der Waals surface area contributed by atoms with E-state index in [9.17, 15) is 0 Å². The van der Waals surface area contributed by atoms with Crippen LogP contribution < -0.4 is 4.90 Å². The standard InChI is InChI=1S/C60H40N2S/c1-3-17-41(18-4-1)42-31-33-43(34-32-42)48-22-9-13-27-55(48)61(45-19-5-2-6-20-45)56-28-14-10-24-50(56)49-23-8-7-21-47(49)44-35-37-58-53(39-44)51-25-11-15-29-57(51)62(58)46-36-38-60-54(40-46)52-26-12-16-30-59(52)63-60/h1-40H. The summed E-state index contributed by atoms with van der Waals surface area (Å²) in [5, 5.41) is 5.09. The molecular formula is C60H40N2S. The number of thiophene rings is 1. The number of rotatable bonds is 8. The van der Waals surface area contributed by atoms with Crippen molar-refractivity contribution in [2.45, 2.75) is 0 Å². The van der Waals surface area contributed by atoms with Crippen LogP contribution >= 0.6 is 11.3 Å². The summed E-state index contributed by atoms with van der Waals surface area (Å²) in [6.07, 6.45) is 0. The average Bonchev–Trinajstić information content (AvgIpc) is 3.90. The van der Waals surface area contributed by atoms with Crippen molar-refractivity contribution in [1.82, 2.24) is 4.57 Å². The summed E-state index contributed by atoms with van der Waals surface area (Å²) < 4.78 is 5.07. The zero-order chi connectivity index (χ0) is 41.7. The number of anilines is 3. The van der Waals surface area contributed by atoms with Crippen LogP contribution in [-0.2, 0) is 0 Å². The van der Waals surface area contributed by atoms with Gasteiger partial charge in [0.15, 0.2) is 0 Å². The van der Waals surface area contributed by atoms with E-state index in [2.05, 4.69) is 252 Å². The van der Waals surface area contributed by atoms with Gasteiger partial charge in [-0.2, -0.15) is 0 Å². The zero-order valence-corrected chi connectivity index (χ0v) is 35.2. The summed E-state index contributed by atoms with van der Waals surface area (Å²) in [6.45, 7) is 0. The molecule has 10 aromatic carbocycles. The second-order valence-electron chi connectivity index (χ2n) is 16.1. The fraction of sp³-hybridized carbons (Fsp3) is 0. The summed E-state index contributed by atoms with van der Waals surface area (Å²) in [5.74, 6) is 0. The molecule has 0 radical (unpaired) electrons. The minimum atomic E-state index is 1.10. The molecule has 2 heterocycles. The van der Waals surface area contributed by atoms with Crippen molar-refractivity contribution in [3.05, 3.63) is 243 Å². The SMILES string of the molecule is c1ccc(-c2ccc(-c3ccccc3N(c3ccccc3)c3ccccc3-c3ccccc3-c3ccc4c(c3)c3ccccc3n4-c3ccc4sc5ccccc5c4c3)cc2)cc1. The molecule has 63 heavy (non-hydrogen) atoms. The molecule has 296 valence electrons. The molecule has 12 aromatic rings. The number of benzene rings is 10. The Bertz CT molecular complexity index is 3620. The Morgan fingerprint density at radius 1 is 0.302 bits per heavy atom. The third-order valence-electron chi connectivity index (χ3n) is 12.4. The van der Waals surface area contributed by atoms with E-state index in [0.29, 0.717) is 0 Å². The Hall–Kier alpha value is -7.98. The van der Waals surface area contributed by atoms with Crippen molar-refractivity contribution in [2.24, 2.45) is 0 Å². The van der Waals surface area contributed by atoms with Crippen LogP contribution in [-0.4, -0.2) is 4.57 Å². The van der Waals surface area contributed by atoms with Gasteiger partial charge in [-0.3, -0.25) is 0 Å². The van der Waals surface area contributed by atoms with Crippen molar-refractivity contribution in [1.29, 1.82) is 0 Å². The molecule has 2 aromatic heterocycles. The van der Waals surface area contributed by atoms with Gasteiger partial charge >= 0.3 is 0 Å². The van der Waals surface area contributed by atoms with Crippen LogP contribution in [0.4, 0.5) is 17.1 Å². The van der Waals surface area contributed by atoms with Crippen LogP contribution in [0.15, 0.2) is 243 Å². The van der Waals surface area contributed by atoms with Gasteiger partial charge in [0.2, 0.25) is 0 Å². The van der Waals surface area contributed by atoms with Gasteiger partial charge in [0.05, 0.1) is 22.4 Å². The predicted octanol–water partition coefficient (Wildman–Crippen LogP) is 17.3. The highest BCUT2D eigenvalue weighted by molar-refractivity contribution is 7.25. The molecule has 0 unspecified atom stereocenters. The smallest absolute Gasteiger partial charge is 0.0541 e. The summed E-state index contributed by atoms with van der Waals surface area (Å²) in [6, 6.07) is 88.4. The van der Waals surface area contributed by atoms with Crippen molar-refractivity contribution in [3.8, 4) is 50.2 Å². The second-order valence-corrected chi connectivity index (χ2v) is 17.1. The van der Waals surface area contributed by atoms with Crippen molar-refractivity contribution >= 4 is 70.4 Å². The van der Waals surface area contributed by atoms with Crippen LogP contribution in [0.2, 0.25) is 0 Å². The normalized spacial score (nSPS) is 11.5. The summed E-state index contributed by atoms with van der Waals surface area (Å²) in [4.78, 5) is 2.43. The lowest BCUT2D eigenvalue weighted by molar-refractivity contribution is 1.19. The van der Waals surface area contributed by atoms with Gasteiger partial charge in [-0.25, -0.2) is 0 Å². The molecule has 0 bridgehead atoms. The molecule has 0 spiro atoms. The van der Waals surface area contributed by atoms with Crippen LogP contribution in [0.3, 0.4) is 0 Å². The first kappa shape index (κ1) is 36.8. The molecular weight excluding hydrogens is 781 g/mol. The molecule has 0 aliphatic rings. The lowest BCUT2D eigenvalue weighted by Crippen LogP contribution is -2.12. The van der Waals surface area contributed by atoms with Crippen LogP contribution in [0, 0.1) is 0 Å². The predicted molar refractivity (Wildman–Crippen MR) is 270 cm³/mol. The average molecular weight is 821 g/mol. The summed E-state index contributed by atoms with van der Waals surface area (Å²) in [7, 11) is 0. The largest absolute Gasteiger partial charge is 0.309 e. The number of fused-ring (bicyclic) bond motifs is 6. The molecule has 2 nitrogen and oxygen atoms in total. The number of hydrogen-bond acceptors (Lipinski definition) is 2. The third kappa shape index (κ3) is 6.41. The number of hydrogen-bond donors (Lipinski definition) is 0. The fourth-order valence-corrected chi connectivity index (χ4v) is 10.6.